The number of carbonyl (C=O) groups is 1. The van der Waals surface area contributed by atoms with Crippen LogP contribution in [0.5, 0.6) is 0 Å². The maximum atomic E-state index is 12.8. The van der Waals surface area contributed by atoms with E-state index in [1.165, 1.54) is 5.56 Å². The molecule has 2 atom stereocenters. The van der Waals surface area contributed by atoms with Gasteiger partial charge in [0, 0.05) is 26.2 Å². The summed E-state index contributed by atoms with van der Waals surface area (Å²) in [6.07, 6.45) is 3.16. The molecule has 2 heterocycles. The van der Waals surface area contributed by atoms with Crippen molar-refractivity contribution in [2.75, 3.05) is 26.2 Å². The number of benzene rings is 1. The van der Waals surface area contributed by atoms with Crippen LogP contribution in [-0.2, 0) is 16.1 Å². The summed E-state index contributed by atoms with van der Waals surface area (Å²) in [5.41, 5.74) is 0.162. The third kappa shape index (κ3) is 2.96. The number of nitrogens with zero attached hydrogens (tertiary/aromatic N) is 2. The van der Waals surface area contributed by atoms with Crippen LogP contribution in [-0.4, -0.2) is 64.8 Å². The SMILES string of the molecule is O=C(N1C[C@@H]2OCCN(Cc3ccccc3)[C@H]2C1)C1(O)CCCC1. The Morgan fingerprint density at radius 3 is 2.71 bits per heavy atom. The first kappa shape index (κ1) is 16.1. The lowest BCUT2D eigenvalue weighted by Crippen LogP contribution is -2.50. The van der Waals surface area contributed by atoms with Gasteiger partial charge in [-0.25, -0.2) is 0 Å². The maximum Gasteiger partial charge on any atom is 0.254 e. The molecular formula is C19H26N2O3. The predicted octanol–water partition coefficient (Wildman–Crippen LogP) is 1.40. The molecule has 5 nitrogen and oxygen atoms in total. The molecule has 5 heteroatoms. The number of rotatable bonds is 3. The molecule has 2 aliphatic heterocycles. The molecule has 130 valence electrons. The summed E-state index contributed by atoms with van der Waals surface area (Å²) in [6.45, 7) is 3.76. The van der Waals surface area contributed by atoms with Gasteiger partial charge >= 0.3 is 0 Å². The lowest BCUT2D eigenvalue weighted by Gasteiger charge is -2.36. The molecule has 4 rings (SSSR count). The van der Waals surface area contributed by atoms with E-state index < -0.39 is 5.60 Å². The Labute approximate surface area is 143 Å². The van der Waals surface area contributed by atoms with Crippen molar-refractivity contribution in [2.24, 2.45) is 0 Å². The number of likely N-dealkylation sites (tertiary alicyclic amines) is 1. The fourth-order valence-electron chi connectivity index (χ4n) is 4.41. The van der Waals surface area contributed by atoms with Gasteiger partial charge in [-0.2, -0.15) is 0 Å². The van der Waals surface area contributed by atoms with Gasteiger partial charge in [-0.1, -0.05) is 30.3 Å². The Kier molecular flexibility index (Phi) is 4.33. The molecule has 3 fully saturated rings. The van der Waals surface area contributed by atoms with Gasteiger partial charge in [-0.15, -0.1) is 0 Å². The molecule has 24 heavy (non-hydrogen) atoms. The quantitative estimate of drug-likeness (QED) is 0.910. The minimum atomic E-state index is -1.13. The molecular weight excluding hydrogens is 304 g/mol. The van der Waals surface area contributed by atoms with Gasteiger partial charge in [0.15, 0.2) is 0 Å². The highest BCUT2D eigenvalue weighted by Crippen LogP contribution is 2.33. The third-order valence-corrected chi connectivity index (χ3v) is 5.76. The number of ether oxygens (including phenoxy) is 1. The second kappa shape index (κ2) is 6.47. The molecule has 0 bridgehead atoms. The Hall–Kier alpha value is -1.43. The normalized spacial score (nSPS) is 29.6. The van der Waals surface area contributed by atoms with Gasteiger partial charge in [-0.3, -0.25) is 9.69 Å². The summed E-state index contributed by atoms with van der Waals surface area (Å²) in [7, 11) is 0. The molecule has 1 aromatic carbocycles. The molecule has 3 aliphatic rings. The largest absolute Gasteiger partial charge is 0.380 e. The first-order valence-electron chi connectivity index (χ1n) is 9.07. The fraction of sp³-hybridized carbons (Fsp3) is 0.632. The topological polar surface area (TPSA) is 53.0 Å². The van der Waals surface area contributed by atoms with Crippen molar-refractivity contribution in [3.05, 3.63) is 35.9 Å². The van der Waals surface area contributed by atoms with Crippen molar-refractivity contribution >= 4 is 5.91 Å². The van der Waals surface area contributed by atoms with Crippen LogP contribution in [0.1, 0.15) is 31.2 Å². The van der Waals surface area contributed by atoms with Crippen molar-refractivity contribution in [3.63, 3.8) is 0 Å². The van der Waals surface area contributed by atoms with Crippen LogP contribution in [0.25, 0.3) is 0 Å². The van der Waals surface area contributed by atoms with E-state index in [4.69, 9.17) is 4.74 Å². The summed E-state index contributed by atoms with van der Waals surface area (Å²) in [5.74, 6) is -0.0855. The van der Waals surface area contributed by atoms with Crippen LogP contribution in [0.4, 0.5) is 0 Å². The zero-order valence-corrected chi connectivity index (χ0v) is 14.1. The van der Waals surface area contributed by atoms with Crippen LogP contribution >= 0.6 is 0 Å². The summed E-state index contributed by atoms with van der Waals surface area (Å²) >= 11 is 0. The number of fused-ring (bicyclic) bond motifs is 1. The zero-order chi connectivity index (χ0) is 16.6. The van der Waals surface area contributed by atoms with Crippen molar-refractivity contribution in [1.29, 1.82) is 0 Å². The van der Waals surface area contributed by atoms with Gasteiger partial charge in [0.05, 0.1) is 18.8 Å². The Bertz CT molecular complexity index is 586. The second-order valence-electron chi connectivity index (χ2n) is 7.38. The highest BCUT2D eigenvalue weighted by atomic mass is 16.5. The van der Waals surface area contributed by atoms with E-state index in [2.05, 4.69) is 29.2 Å². The molecule has 1 saturated carbocycles. The lowest BCUT2D eigenvalue weighted by molar-refractivity contribution is -0.150. The Balaban J connectivity index is 1.45. The van der Waals surface area contributed by atoms with Gasteiger partial charge in [-0.05, 0) is 31.2 Å². The highest BCUT2D eigenvalue weighted by molar-refractivity contribution is 5.85. The fourth-order valence-corrected chi connectivity index (χ4v) is 4.41. The molecule has 1 aliphatic carbocycles. The minimum Gasteiger partial charge on any atom is -0.380 e. The first-order valence-corrected chi connectivity index (χ1v) is 9.07. The number of morpholine rings is 1. The molecule has 2 saturated heterocycles. The van der Waals surface area contributed by atoms with Crippen LogP contribution in [0.2, 0.25) is 0 Å². The zero-order valence-electron chi connectivity index (χ0n) is 14.1. The van der Waals surface area contributed by atoms with Crippen molar-refractivity contribution in [2.45, 2.75) is 50.0 Å². The smallest absolute Gasteiger partial charge is 0.254 e. The molecule has 1 amide bonds. The molecule has 0 spiro atoms. The number of carbonyl (C=O) groups excluding carboxylic acids is 1. The van der Waals surface area contributed by atoms with Gasteiger partial charge in [0.1, 0.15) is 5.60 Å². The number of hydrogen-bond acceptors (Lipinski definition) is 4. The molecule has 0 unspecified atom stereocenters. The summed E-state index contributed by atoms with van der Waals surface area (Å²) in [5, 5.41) is 10.6. The first-order chi connectivity index (χ1) is 11.7. The van der Waals surface area contributed by atoms with E-state index in [9.17, 15) is 9.90 Å². The van der Waals surface area contributed by atoms with Crippen LogP contribution < -0.4 is 0 Å². The monoisotopic (exact) mass is 330 g/mol. The highest BCUT2D eigenvalue weighted by Gasteiger charge is 2.48. The average molecular weight is 330 g/mol. The van der Waals surface area contributed by atoms with Crippen molar-refractivity contribution < 1.29 is 14.6 Å². The summed E-state index contributed by atoms with van der Waals surface area (Å²) in [6, 6.07) is 10.7. The molecule has 0 radical (unpaired) electrons. The average Bonchev–Trinajstić information content (AvgIpc) is 3.23. The van der Waals surface area contributed by atoms with Crippen LogP contribution in [0, 0.1) is 0 Å². The summed E-state index contributed by atoms with van der Waals surface area (Å²) < 4.78 is 5.93. The maximum absolute atomic E-state index is 12.8. The van der Waals surface area contributed by atoms with Crippen molar-refractivity contribution in [1.82, 2.24) is 9.80 Å². The Morgan fingerprint density at radius 1 is 1.21 bits per heavy atom. The summed E-state index contributed by atoms with van der Waals surface area (Å²) in [4.78, 5) is 17.0. The second-order valence-corrected chi connectivity index (χ2v) is 7.38. The number of aliphatic hydroxyl groups is 1. The van der Waals surface area contributed by atoms with E-state index >= 15 is 0 Å². The van der Waals surface area contributed by atoms with Gasteiger partial charge < -0.3 is 14.7 Å². The van der Waals surface area contributed by atoms with E-state index in [0.717, 1.165) is 25.9 Å². The van der Waals surface area contributed by atoms with Crippen LogP contribution in [0.15, 0.2) is 30.3 Å². The van der Waals surface area contributed by atoms with Crippen LogP contribution in [0.3, 0.4) is 0 Å². The molecule has 1 aromatic rings. The van der Waals surface area contributed by atoms with Gasteiger partial charge in [0.2, 0.25) is 0 Å². The van der Waals surface area contributed by atoms with Crippen molar-refractivity contribution in [3.8, 4) is 0 Å². The minimum absolute atomic E-state index is 0.0661. The van der Waals surface area contributed by atoms with E-state index in [-0.39, 0.29) is 18.1 Å². The lowest BCUT2D eigenvalue weighted by atomic mass is 10.0. The standard InChI is InChI=1S/C19H26N2O3/c22-18(19(23)8-4-5-9-19)21-13-16-17(14-21)24-11-10-20(16)12-15-6-2-1-3-7-15/h1-3,6-7,16-17,23H,4-5,8-14H2/t16-,17-/m0/s1. The van der Waals surface area contributed by atoms with E-state index in [0.29, 0.717) is 32.5 Å². The number of amides is 1. The molecule has 1 N–H and O–H groups in total. The predicted molar refractivity (Wildman–Crippen MR) is 90.4 cm³/mol. The van der Waals surface area contributed by atoms with E-state index in [1.54, 1.807) is 0 Å². The Morgan fingerprint density at radius 2 is 1.96 bits per heavy atom. The van der Waals surface area contributed by atoms with E-state index in [1.807, 2.05) is 11.0 Å². The number of hydrogen-bond donors (Lipinski definition) is 1. The molecule has 0 aromatic heterocycles. The third-order valence-electron chi connectivity index (χ3n) is 5.76. The van der Waals surface area contributed by atoms with Gasteiger partial charge in [0.25, 0.3) is 5.91 Å².